The normalized spacial score (nSPS) is 14.3. The summed E-state index contributed by atoms with van der Waals surface area (Å²) in [4.78, 5) is 48.3. The molecule has 0 saturated heterocycles. The predicted octanol–water partition coefficient (Wildman–Crippen LogP) is 16.0. The number of allylic oxidation sites excluding steroid dienone is 20. The van der Waals surface area contributed by atoms with Crippen molar-refractivity contribution in [1.29, 1.82) is 0 Å². The van der Waals surface area contributed by atoms with Crippen LogP contribution in [-0.2, 0) is 42.2 Å². The molecule has 0 rings (SSSR count). The van der Waals surface area contributed by atoms with Crippen LogP contribution >= 0.6 is 7.82 Å². The van der Waals surface area contributed by atoms with Crippen LogP contribution in [0.15, 0.2) is 122 Å². The lowest BCUT2D eigenvalue weighted by Gasteiger charge is -2.21. The van der Waals surface area contributed by atoms with E-state index in [0.29, 0.717) is 25.7 Å². The average Bonchev–Trinajstić information content (AvgIpc) is 3.37. The van der Waals surface area contributed by atoms with E-state index in [4.69, 9.17) is 23.3 Å². The van der Waals surface area contributed by atoms with Crippen LogP contribution in [0, 0.1) is 0 Å². The van der Waals surface area contributed by atoms with Gasteiger partial charge in [0.2, 0.25) is 0 Å². The van der Waals surface area contributed by atoms with Gasteiger partial charge >= 0.3 is 25.7 Å². The highest BCUT2D eigenvalue weighted by atomic mass is 31.2. The summed E-state index contributed by atoms with van der Waals surface area (Å²) in [5, 5.41) is 9.79. The molecule has 0 heterocycles. The molecule has 0 bridgehead atoms. The van der Waals surface area contributed by atoms with Crippen LogP contribution < -0.4 is 0 Å². The molecule has 0 amide bonds. The second kappa shape index (κ2) is 53.2. The molecule has 3 unspecified atom stereocenters. The fraction of sp³-hybridized carbons (Fsp3) is 0.617. The summed E-state index contributed by atoms with van der Waals surface area (Å²) >= 11 is 0. The largest absolute Gasteiger partial charge is 0.472 e. The number of carbonyl (C=O) groups is 3. The van der Waals surface area contributed by atoms with Crippen molar-refractivity contribution in [2.75, 3.05) is 26.4 Å². The molecule has 2 N–H and O–H groups in total. The van der Waals surface area contributed by atoms with Crippen LogP contribution in [0.4, 0.5) is 0 Å². The average molecular weight is 1030 g/mol. The number of hydrogen-bond donors (Lipinski definition) is 2. The summed E-state index contributed by atoms with van der Waals surface area (Å²) in [6.45, 7) is 4.22. The summed E-state index contributed by atoms with van der Waals surface area (Å²) in [5.41, 5.74) is 0. The quantitative estimate of drug-likeness (QED) is 0.0197. The van der Waals surface area contributed by atoms with Gasteiger partial charge in [0.15, 0.2) is 6.10 Å². The highest BCUT2D eigenvalue weighted by Crippen LogP contribution is 2.43. The van der Waals surface area contributed by atoms with Crippen LogP contribution in [0.5, 0.6) is 0 Å². The van der Waals surface area contributed by atoms with Crippen LogP contribution in [0.25, 0.3) is 0 Å². The highest BCUT2D eigenvalue weighted by Gasteiger charge is 2.28. The van der Waals surface area contributed by atoms with Crippen molar-refractivity contribution in [3.05, 3.63) is 122 Å². The molecular weight excluding hydrogens is 928 g/mol. The van der Waals surface area contributed by atoms with E-state index in [1.165, 1.54) is 57.8 Å². The Labute approximate surface area is 437 Å². The topological polar surface area (TPSA) is 155 Å². The van der Waals surface area contributed by atoms with Crippen molar-refractivity contribution < 1.29 is 52.2 Å². The Bertz CT molecular complexity index is 1670. The maximum Gasteiger partial charge on any atom is 0.472 e. The molecule has 0 saturated carbocycles. The molecular formula is C60H97O11P. The molecule has 0 aromatic heterocycles. The van der Waals surface area contributed by atoms with Crippen molar-refractivity contribution in [2.45, 2.75) is 213 Å². The molecule has 0 aromatic rings. The van der Waals surface area contributed by atoms with Gasteiger partial charge in [-0.05, 0) is 83.5 Å². The van der Waals surface area contributed by atoms with E-state index in [2.05, 4.69) is 118 Å². The summed E-state index contributed by atoms with van der Waals surface area (Å²) < 4.78 is 39.2. The molecule has 0 spiro atoms. The maximum atomic E-state index is 12.9. The summed E-state index contributed by atoms with van der Waals surface area (Å²) in [6.07, 6.45) is 64.8. The van der Waals surface area contributed by atoms with E-state index in [1.807, 2.05) is 24.3 Å². The minimum absolute atomic E-state index is 0.0224. The summed E-state index contributed by atoms with van der Waals surface area (Å²) in [6, 6.07) is 0. The molecule has 11 nitrogen and oxygen atoms in total. The van der Waals surface area contributed by atoms with E-state index in [0.717, 1.165) is 77.0 Å². The monoisotopic (exact) mass is 1020 g/mol. The number of unbranched alkanes of at least 4 members (excludes halogenated alkanes) is 12. The minimum atomic E-state index is -4.78. The zero-order valence-electron chi connectivity index (χ0n) is 44.8. The van der Waals surface area contributed by atoms with Crippen molar-refractivity contribution >= 4 is 25.7 Å². The highest BCUT2D eigenvalue weighted by molar-refractivity contribution is 7.47. The van der Waals surface area contributed by atoms with Crippen molar-refractivity contribution in [3.63, 3.8) is 0 Å². The number of esters is 3. The second-order valence-corrected chi connectivity index (χ2v) is 19.1. The number of phosphoric acid groups is 1. The number of aliphatic hydroxyl groups excluding tert-OH is 1. The fourth-order valence-corrected chi connectivity index (χ4v) is 7.59. The lowest BCUT2D eigenvalue weighted by molar-refractivity contribution is -0.161. The van der Waals surface area contributed by atoms with Gasteiger partial charge in [-0.1, -0.05) is 219 Å². The number of aliphatic hydroxyl groups is 1. The Morgan fingerprint density at radius 1 is 0.403 bits per heavy atom. The molecule has 408 valence electrons. The van der Waals surface area contributed by atoms with Crippen LogP contribution in [0.3, 0.4) is 0 Å². The predicted molar refractivity (Wildman–Crippen MR) is 297 cm³/mol. The first-order chi connectivity index (χ1) is 35.2. The van der Waals surface area contributed by atoms with Crippen molar-refractivity contribution in [1.82, 2.24) is 0 Å². The van der Waals surface area contributed by atoms with Crippen LogP contribution in [0.1, 0.15) is 201 Å². The SMILES string of the molecule is CC/C=C\C/C=C\C/C=C\C/C=C\C/C=C\C/C=C\CCC(=O)OC(COC(=O)CC/C=C\C/C=C\C/C=C\C/C=C\CC)COP(=O)(O)OCC(CO)OC(=O)CCCCCCCCCCCCCCC. The van der Waals surface area contributed by atoms with Crippen LogP contribution in [0.2, 0.25) is 0 Å². The van der Waals surface area contributed by atoms with Gasteiger partial charge < -0.3 is 24.2 Å². The Balaban J connectivity index is 4.93. The Morgan fingerprint density at radius 2 is 0.722 bits per heavy atom. The number of hydrogen-bond acceptors (Lipinski definition) is 10. The van der Waals surface area contributed by atoms with E-state index in [9.17, 15) is 28.9 Å². The lowest BCUT2D eigenvalue weighted by atomic mass is 10.0. The van der Waals surface area contributed by atoms with Gasteiger partial charge in [0, 0.05) is 19.3 Å². The molecule has 0 aliphatic heterocycles. The Morgan fingerprint density at radius 3 is 1.11 bits per heavy atom. The second-order valence-electron chi connectivity index (χ2n) is 17.6. The van der Waals surface area contributed by atoms with Crippen molar-refractivity contribution in [3.8, 4) is 0 Å². The minimum Gasteiger partial charge on any atom is -0.462 e. The third-order valence-corrected chi connectivity index (χ3v) is 11.9. The molecule has 0 aromatic carbocycles. The van der Waals surface area contributed by atoms with Gasteiger partial charge in [0.25, 0.3) is 0 Å². The number of rotatable bonds is 49. The van der Waals surface area contributed by atoms with Gasteiger partial charge in [0.1, 0.15) is 12.7 Å². The maximum absolute atomic E-state index is 12.9. The number of carbonyl (C=O) groups excluding carboxylic acids is 3. The molecule has 0 aliphatic carbocycles. The van der Waals surface area contributed by atoms with E-state index in [-0.39, 0.29) is 19.3 Å². The number of phosphoric ester groups is 1. The smallest absolute Gasteiger partial charge is 0.462 e. The Hall–Kier alpha value is -4.12. The molecule has 72 heavy (non-hydrogen) atoms. The van der Waals surface area contributed by atoms with Gasteiger partial charge in [-0.3, -0.25) is 23.4 Å². The molecule has 12 heteroatoms. The Kier molecular flexibility index (Phi) is 50.1. The molecule has 0 fully saturated rings. The van der Waals surface area contributed by atoms with Crippen molar-refractivity contribution in [2.24, 2.45) is 0 Å². The van der Waals surface area contributed by atoms with Gasteiger partial charge in [0.05, 0.1) is 19.8 Å². The first kappa shape index (κ1) is 67.9. The lowest BCUT2D eigenvalue weighted by Crippen LogP contribution is -2.30. The van der Waals surface area contributed by atoms with Gasteiger partial charge in [-0.2, -0.15) is 0 Å². The van der Waals surface area contributed by atoms with E-state index >= 15 is 0 Å². The third-order valence-electron chi connectivity index (χ3n) is 10.9. The van der Waals surface area contributed by atoms with Gasteiger partial charge in [-0.15, -0.1) is 0 Å². The standard InChI is InChI=1S/C60H97O11P/c1-4-7-10-13-16-19-22-25-26-27-28-29-30-33-36-39-42-45-48-51-60(64)71-57(53-67-58(62)49-46-43-40-37-34-31-23-20-17-14-11-8-5-2)55-69-72(65,66)68-54-56(52-61)70-59(63)50-47-44-41-38-35-32-24-21-18-15-12-9-6-3/h7-8,10-11,16-17,19-20,25-26,28-29,31,33-34,36,40,42-43,45,56-57,61H,4-6,9,12-15,18,21-24,27,30,32,35,37-39,41,44,46-55H2,1-3H3,(H,65,66)/b10-7-,11-8-,19-16-,20-17-,26-25-,29-28-,34-31-,36-33-,43-40-,45-42-. The van der Waals surface area contributed by atoms with E-state index in [1.54, 1.807) is 0 Å². The summed E-state index contributed by atoms with van der Waals surface area (Å²) in [7, 11) is -4.78. The molecule has 3 atom stereocenters. The number of ether oxygens (including phenoxy) is 3. The first-order valence-corrected chi connectivity index (χ1v) is 28.9. The zero-order valence-corrected chi connectivity index (χ0v) is 45.7. The molecule has 0 radical (unpaired) electrons. The van der Waals surface area contributed by atoms with E-state index < -0.39 is 64.4 Å². The fourth-order valence-electron chi connectivity index (χ4n) is 6.81. The zero-order chi connectivity index (χ0) is 52.7. The third kappa shape index (κ3) is 50.8. The summed E-state index contributed by atoms with van der Waals surface area (Å²) in [5.74, 6) is -1.68. The van der Waals surface area contributed by atoms with Crippen LogP contribution in [-0.4, -0.2) is 66.5 Å². The molecule has 0 aliphatic rings. The van der Waals surface area contributed by atoms with Gasteiger partial charge in [-0.25, -0.2) is 4.57 Å². The first-order valence-electron chi connectivity index (χ1n) is 27.4.